The summed E-state index contributed by atoms with van der Waals surface area (Å²) in [7, 11) is 0. The molecule has 68 valence electrons. The molecule has 0 aromatic heterocycles. The number of hydrogen-bond donors (Lipinski definition) is 0. The smallest absolute Gasteiger partial charge is 0.160 e. The van der Waals surface area contributed by atoms with Crippen LogP contribution in [0.25, 0.3) is 0 Å². The van der Waals surface area contributed by atoms with Crippen molar-refractivity contribution in [2.45, 2.75) is 26.7 Å². The largest absolute Gasteiger partial charge is 0.295 e. The van der Waals surface area contributed by atoms with Crippen molar-refractivity contribution in [3.63, 3.8) is 0 Å². The Labute approximate surface area is 78.6 Å². The highest BCUT2D eigenvalue weighted by Gasteiger charge is 2.25. The van der Waals surface area contributed by atoms with E-state index in [0.717, 1.165) is 5.57 Å². The molecule has 0 saturated carbocycles. The van der Waals surface area contributed by atoms with Gasteiger partial charge >= 0.3 is 0 Å². The van der Waals surface area contributed by atoms with Crippen molar-refractivity contribution in [1.82, 2.24) is 0 Å². The Hall–Kier alpha value is -1.36. The summed E-state index contributed by atoms with van der Waals surface area (Å²) >= 11 is 0. The molecule has 0 radical (unpaired) electrons. The van der Waals surface area contributed by atoms with Crippen molar-refractivity contribution in [3.8, 4) is 6.07 Å². The molecule has 13 heavy (non-hydrogen) atoms. The first-order chi connectivity index (χ1) is 6.06. The number of Topliss-reactive ketones (excluding diaryl/α,β-unsaturated/α-hetero) is 1. The van der Waals surface area contributed by atoms with Crippen molar-refractivity contribution >= 4 is 5.78 Å². The summed E-state index contributed by atoms with van der Waals surface area (Å²) in [5, 5.41) is 8.79. The van der Waals surface area contributed by atoms with Crippen LogP contribution in [0.4, 0.5) is 0 Å². The number of rotatable bonds is 1. The van der Waals surface area contributed by atoms with E-state index in [0.29, 0.717) is 24.0 Å². The fourth-order valence-electron chi connectivity index (χ4n) is 1.49. The van der Waals surface area contributed by atoms with Crippen LogP contribution in [0.2, 0.25) is 0 Å². The number of nitrogens with zero attached hydrogens (tertiary/aromatic N) is 1. The molecule has 2 heteroatoms. The summed E-state index contributed by atoms with van der Waals surface area (Å²) < 4.78 is 0. The van der Waals surface area contributed by atoms with Gasteiger partial charge in [0.1, 0.15) is 0 Å². The predicted molar refractivity (Wildman–Crippen MR) is 50.9 cm³/mol. The van der Waals surface area contributed by atoms with E-state index in [1.807, 2.05) is 6.92 Å². The molecule has 0 spiro atoms. The second-order valence-electron chi connectivity index (χ2n) is 3.59. The summed E-state index contributed by atoms with van der Waals surface area (Å²) in [4.78, 5) is 11.4. The number of carbonyl (C=O) groups is 1. The molecule has 0 saturated heterocycles. The minimum absolute atomic E-state index is 0.0933. The lowest BCUT2D eigenvalue weighted by atomic mass is 9.81. The van der Waals surface area contributed by atoms with E-state index in [-0.39, 0.29) is 11.7 Å². The van der Waals surface area contributed by atoms with E-state index in [1.54, 1.807) is 6.92 Å². The molecule has 1 atom stereocenters. The zero-order chi connectivity index (χ0) is 10.0. The van der Waals surface area contributed by atoms with Gasteiger partial charge in [0.2, 0.25) is 0 Å². The van der Waals surface area contributed by atoms with Gasteiger partial charge in [0.15, 0.2) is 5.78 Å². The molecule has 0 aromatic rings. The van der Waals surface area contributed by atoms with Crippen LogP contribution in [0.15, 0.2) is 23.3 Å². The molecule has 1 rings (SSSR count). The van der Waals surface area contributed by atoms with Gasteiger partial charge in [-0.25, -0.2) is 0 Å². The van der Waals surface area contributed by atoms with Crippen LogP contribution in [0.5, 0.6) is 0 Å². The van der Waals surface area contributed by atoms with Crippen LogP contribution in [0.3, 0.4) is 0 Å². The first-order valence-electron chi connectivity index (χ1n) is 4.34. The molecule has 0 amide bonds. The van der Waals surface area contributed by atoms with Crippen LogP contribution >= 0.6 is 0 Å². The van der Waals surface area contributed by atoms with E-state index >= 15 is 0 Å². The fourth-order valence-corrected chi connectivity index (χ4v) is 1.49. The number of carbonyl (C=O) groups excluding carboxylic acids is 1. The van der Waals surface area contributed by atoms with Crippen LogP contribution in [-0.2, 0) is 4.79 Å². The zero-order valence-electron chi connectivity index (χ0n) is 8.05. The highest BCUT2D eigenvalue weighted by molar-refractivity contribution is 5.97. The van der Waals surface area contributed by atoms with E-state index in [9.17, 15) is 4.79 Å². The van der Waals surface area contributed by atoms with E-state index in [2.05, 4.69) is 12.6 Å². The van der Waals surface area contributed by atoms with Crippen molar-refractivity contribution in [3.05, 3.63) is 23.3 Å². The summed E-state index contributed by atoms with van der Waals surface area (Å²) in [5.41, 5.74) is 2.26. The van der Waals surface area contributed by atoms with Gasteiger partial charge in [0.05, 0.1) is 6.07 Å². The molecule has 1 aliphatic carbocycles. The Morgan fingerprint density at radius 2 is 2.23 bits per heavy atom. The number of ketones is 1. The van der Waals surface area contributed by atoms with Gasteiger partial charge < -0.3 is 0 Å². The SMILES string of the molecule is C=C(C)[C@H]1CC(=O)C(C)=C(C#N)C1. The number of hydrogen-bond acceptors (Lipinski definition) is 2. The molecule has 1 aliphatic rings. The quantitative estimate of drug-likeness (QED) is 0.574. The lowest BCUT2D eigenvalue weighted by Gasteiger charge is -2.21. The first kappa shape index (κ1) is 9.73. The van der Waals surface area contributed by atoms with Crippen LogP contribution in [-0.4, -0.2) is 5.78 Å². The van der Waals surface area contributed by atoms with Crippen molar-refractivity contribution in [1.29, 1.82) is 5.26 Å². The van der Waals surface area contributed by atoms with E-state index < -0.39 is 0 Å². The molecule has 0 aliphatic heterocycles. The fraction of sp³-hybridized carbons (Fsp3) is 0.455. The Kier molecular flexibility index (Phi) is 2.67. The summed E-state index contributed by atoms with van der Waals surface area (Å²) in [6.45, 7) is 7.46. The van der Waals surface area contributed by atoms with Gasteiger partial charge in [-0.1, -0.05) is 12.2 Å². The van der Waals surface area contributed by atoms with Gasteiger partial charge in [-0.2, -0.15) is 5.26 Å². The van der Waals surface area contributed by atoms with Crippen molar-refractivity contribution in [2.75, 3.05) is 0 Å². The van der Waals surface area contributed by atoms with Crippen LogP contribution < -0.4 is 0 Å². The maximum atomic E-state index is 11.4. The minimum atomic E-state index is 0.0933. The third kappa shape index (κ3) is 1.86. The normalized spacial score (nSPS) is 22.8. The van der Waals surface area contributed by atoms with Gasteiger partial charge in [0.25, 0.3) is 0 Å². The van der Waals surface area contributed by atoms with Gasteiger partial charge in [0, 0.05) is 17.6 Å². The van der Waals surface area contributed by atoms with Crippen molar-refractivity contribution in [2.24, 2.45) is 5.92 Å². The highest BCUT2D eigenvalue weighted by atomic mass is 16.1. The lowest BCUT2D eigenvalue weighted by Crippen LogP contribution is -2.18. The van der Waals surface area contributed by atoms with Crippen molar-refractivity contribution < 1.29 is 4.79 Å². The molecule has 0 aromatic carbocycles. The third-order valence-electron chi connectivity index (χ3n) is 2.59. The average Bonchev–Trinajstić information content (AvgIpc) is 2.09. The van der Waals surface area contributed by atoms with E-state index in [1.165, 1.54) is 0 Å². The van der Waals surface area contributed by atoms with Gasteiger partial charge in [-0.05, 0) is 26.2 Å². The Morgan fingerprint density at radius 1 is 1.62 bits per heavy atom. The molecule has 2 nitrogen and oxygen atoms in total. The third-order valence-corrected chi connectivity index (χ3v) is 2.59. The van der Waals surface area contributed by atoms with Gasteiger partial charge in [-0.15, -0.1) is 0 Å². The average molecular weight is 175 g/mol. The molecule has 0 N–H and O–H groups in total. The number of nitriles is 1. The highest BCUT2D eigenvalue weighted by Crippen LogP contribution is 2.30. The van der Waals surface area contributed by atoms with Gasteiger partial charge in [-0.3, -0.25) is 4.79 Å². The standard InChI is InChI=1S/C11H13NO/c1-7(2)9-4-10(6-12)8(3)11(13)5-9/h9H,1,4-5H2,2-3H3/t9-/m1/s1. The molecule has 0 unspecified atom stereocenters. The number of allylic oxidation sites excluding steroid dienone is 3. The topological polar surface area (TPSA) is 40.9 Å². The summed E-state index contributed by atoms with van der Waals surface area (Å²) in [6.07, 6.45) is 1.20. The molecule has 0 fully saturated rings. The second-order valence-corrected chi connectivity index (χ2v) is 3.59. The lowest BCUT2D eigenvalue weighted by molar-refractivity contribution is -0.116. The monoisotopic (exact) mass is 175 g/mol. The Morgan fingerprint density at radius 3 is 2.69 bits per heavy atom. The Bertz CT molecular complexity index is 330. The first-order valence-corrected chi connectivity index (χ1v) is 4.34. The molecular formula is C11H13NO. The van der Waals surface area contributed by atoms with E-state index in [4.69, 9.17) is 5.26 Å². The predicted octanol–water partition coefficient (Wildman–Crippen LogP) is 2.38. The summed E-state index contributed by atoms with van der Waals surface area (Å²) in [5.74, 6) is 0.265. The Balaban J connectivity index is 2.97. The maximum Gasteiger partial charge on any atom is 0.160 e. The van der Waals surface area contributed by atoms with Crippen LogP contribution in [0.1, 0.15) is 26.7 Å². The molecular weight excluding hydrogens is 162 g/mol. The summed E-state index contributed by atoms with van der Waals surface area (Å²) in [6, 6.07) is 2.09. The van der Waals surface area contributed by atoms with Crippen LogP contribution in [0, 0.1) is 17.2 Å². The maximum absolute atomic E-state index is 11.4. The molecule has 0 bridgehead atoms. The molecule has 0 heterocycles. The minimum Gasteiger partial charge on any atom is -0.295 e. The second kappa shape index (κ2) is 3.57. The zero-order valence-corrected chi connectivity index (χ0v) is 8.05.